The van der Waals surface area contributed by atoms with Crippen molar-refractivity contribution in [2.45, 2.75) is 38.3 Å². The van der Waals surface area contributed by atoms with Crippen LogP contribution < -0.4 is 5.32 Å². The maximum absolute atomic E-state index is 13.2. The van der Waals surface area contributed by atoms with Crippen molar-refractivity contribution >= 4 is 11.9 Å². The SMILES string of the molecule is CN(C)C(=O)[C@]12CN(Cc3ccccc3)C[C@H]1CN(C(=O)NC1CCCC1)C2. The van der Waals surface area contributed by atoms with Gasteiger partial charge in [-0.1, -0.05) is 43.2 Å². The van der Waals surface area contributed by atoms with E-state index in [0.717, 1.165) is 32.5 Å². The first-order chi connectivity index (χ1) is 13.5. The molecule has 3 amide bonds. The molecule has 152 valence electrons. The highest BCUT2D eigenvalue weighted by Crippen LogP contribution is 2.44. The van der Waals surface area contributed by atoms with E-state index in [9.17, 15) is 9.59 Å². The maximum Gasteiger partial charge on any atom is 0.317 e. The van der Waals surface area contributed by atoms with Gasteiger partial charge in [-0.3, -0.25) is 9.69 Å². The lowest BCUT2D eigenvalue weighted by atomic mass is 9.80. The van der Waals surface area contributed by atoms with Gasteiger partial charge in [0.15, 0.2) is 0 Å². The van der Waals surface area contributed by atoms with Crippen LogP contribution in [0, 0.1) is 11.3 Å². The summed E-state index contributed by atoms with van der Waals surface area (Å²) in [7, 11) is 3.66. The summed E-state index contributed by atoms with van der Waals surface area (Å²) in [6.07, 6.45) is 4.56. The maximum atomic E-state index is 13.2. The third-order valence-electron chi connectivity index (χ3n) is 6.73. The molecule has 3 aliphatic rings. The summed E-state index contributed by atoms with van der Waals surface area (Å²) in [6.45, 7) is 3.63. The summed E-state index contributed by atoms with van der Waals surface area (Å²) >= 11 is 0. The Labute approximate surface area is 167 Å². The van der Waals surface area contributed by atoms with Crippen molar-refractivity contribution in [2.24, 2.45) is 11.3 Å². The Kier molecular flexibility index (Phi) is 5.32. The fourth-order valence-corrected chi connectivity index (χ4v) is 5.37. The minimum Gasteiger partial charge on any atom is -0.348 e. The highest BCUT2D eigenvalue weighted by molar-refractivity contribution is 5.86. The Morgan fingerprint density at radius 3 is 2.50 bits per heavy atom. The molecule has 2 aliphatic heterocycles. The van der Waals surface area contributed by atoms with Crippen LogP contribution in [0.5, 0.6) is 0 Å². The molecule has 1 saturated carbocycles. The van der Waals surface area contributed by atoms with E-state index in [2.05, 4.69) is 34.5 Å². The van der Waals surface area contributed by atoms with E-state index in [4.69, 9.17) is 0 Å². The first-order valence-electron chi connectivity index (χ1n) is 10.5. The van der Waals surface area contributed by atoms with Gasteiger partial charge in [-0.15, -0.1) is 0 Å². The van der Waals surface area contributed by atoms with Crippen LogP contribution in [0.3, 0.4) is 0 Å². The Morgan fingerprint density at radius 2 is 1.82 bits per heavy atom. The zero-order valence-electron chi connectivity index (χ0n) is 17.1. The Morgan fingerprint density at radius 1 is 1.11 bits per heavy atom. The van der Waals surface area contributed by atoms with Crippen LogP contribution in [0.25, 0.3) is 0 Å². The molecule has 0 spiro atoms. The van der Waals surface area contributed by atoms with Crippen LogP contribution in [-0.2, 0) is 11.3 Å². The quantitative estimate of drug-likeness (QED) is 0.866. The summed E-state index contributed by atoms with van der Waals surface area (Å²) in [5.74, 6) is 0.352. The lowest BCUT2D eigenvalue weighted by Gasteiger charge is -2.31. The third-order valence-corrected chi connectivity index (χ3v) is 6.73. The Bertz CT molecular complexity index is 717. The van der Waals surface area contributed by atoms with Crippen LogP contribution in [0.1, 0.15) is 31.2 Å². The lowest BCUT2D eigenvalue weighted by molar-refractivity contribution is -0.139. The molecule has 2 atom stereocenters. The molecular formula is C22H32N4O2. The average Bonchev–Trinajstić information content (AvgIpc) is 3.37. The number of carbonyl (C=O) groups excluding carboxylic acids is 2. The monoisotopic (exact) mass is 384 g/mol. The van der Waals surface area contributed by atoms with Gasteiger partial charge in [0, 0.05) is 58.8 Å². The molecular weight excluding hydrogens is 352 g/mol. The minimum atomic E-state index is -0.481. The molecule has 1 aliphatic carbocycles. The van der Waals surface area contributed by atoms with E-state index in [1.54, 1.807) is 4.90 Å². The molecule has 0 unspecified atom stereocenters. The van der Waals surface area contributed by atoms with Crippen molar-refractivity contribution in [3.8, 4) is 0 Å². The van der Waals surface area contributed by atoms with Gasteiger partial charge in [-0.05, 0) is 18.4 Å². The molecule has 1 aromatic carbocycles. The van der Waals surface area contributed by atoms with Gasteiger partial charge in [0.1, 0.15) is 0 Å². The summed E-state index contributed by atoms with van der Waals surface area (Å²) < 4.78 is 0. The topological polar surface area (TPSA) is 55.9 Å². The average molecular weight is 385 g/mol. The molecule has 0 bridgehead atoms. The zero-order valence-corrected chi connectivity index (χ0v) is 17.1. The van der Waals surface area contributed by atoms with Gasteiger partial charge < -0.3 is 15.1 Å². The normalized spacial score (nSPS) is 27.8. The van der Waals surface area contributed by atoms with Gasteiger partial charge in [-0.25, -0.2) is 4.79 Å². The van der Waals surface area contributed by atoms with Gasteiger partial charge in [0.05, 0.1) is 5.41 Å². The van der Waals surface area contributed by atoms with E-state index in [1.807, 2.05) is 25.1 Å². The molecule has 1 N–H and O–H groups in total. The van der Waals surface area contributed by atoms with Crippen molar-refractivity contribution in [1.29, 1.82) is 0 Å². The molecule has 3 fully saturated rings. The summed E-state index contributed by atoms with van der Waals surface area (Å²) in [5, 5.41) is 3.19. The van der Waals surface area contributed by atoms with Crippen LogP contribution >= 0.6 is 0 Å². The molecule has 0 radical (unpaired) electrons. The molecule has 6 nitrogen and oxygen atoms in total. The van der Waals surface area contributed by atoms with Crippen LogP contribution in [0.15, 0.2) is 30.3 Å². The van der Waals surface area contributed by atoms with Gasteiger partial charge in [0.2, 0.25) is 5.91 Å². The Balaban J connectivity index is 1.47. The molecule has 2 saturated heterocycles. The molecule has 6 heteroatoms. The second-order valence-electron chi connectivity index (χ2n) is 9.02. The number of benzene rings is 1. The minimum absolute atomic E-state index is 0.0156. The highest BCUT2D eigenvalue weighted by Gasteiger charge is 2.58. The second-order valence-corrected chi connectivity index (χ2v) is 9.02. The molecule has 28 heavy (non-hydrogen) atoms. The zero-order chi connectivity index (χ0) is 19.7. The number of hydrogen-bond donors (Lipinski definition) is 1. The standard InChI is InChI=1S/C22H32N4O2/c1-24(2)20(27)22-15-25(12-17-8-4-3-5-9-17)13-18(22)14-26(16-22)21(28)23-19-10-6-7-11-19/h3-5,8-9,18-19H,6-7,10-16H2,1-2H3,(H,23,28)/t18-,22-/m0/s1. The van der Waals surface area contributed by atoms with Gasteiger partial charge >= 0.3 is 6.03 Å². The van der Waals surface area contributed by atoms with Gasteiger partial charge in [-0.2, -0.15) is 0 Å². The predicted octanol–water partition coefficient (Wildman–Crippen LogP) is 2.16. The second kappa shape index (κ2) is 7.74. The molecule has 0 aromatic heterocycles. The van der Waals surface area contributed by atoms with Crippen molar-refractivity contribution in [1.82, 2.24) is 20.0 Å². The number of likely N-dealkylation sites (tertiary alicyclic amines) is 2. The first-order valence-corrected chi connectivity index (χ1v) is 10.5. The molecule has 4 rings (SSSR count). The summed E-state index contributed by atoms with van der Waals surface area (Å²) in [4.78, 5) is 32.0. The number of hydrogen-bond acceptors (Lipinski definition) is 3. The summed E-state index contributed by atoms with van der Waals surface area (Å²) in [5.41, 5.74) is 0.788. The number of urea groups is 1. The molecule has 1 aromatic rings. The molecule has 2 heterocycles. The number of rotatable bonds is 4. The van der Waals surface area contributed by atoms with Crippen molar-refractivity contribution in [2.75, 3.05) is 40.3 Å². The lowest BCUT2D eigenvalue weighted by Crippen LogP contribution is -2.49. The van der Waals surface area contributed by atoms with Crippen molar-refractivity contribution in [3.63, 3.8) is 0 Å². The number of fused-ring (bicyclic) bond motifs is 1. The number of amides is 3. The fraction of sp³-hybridized carbons (Fsp3) is 0.636. The van der Waals surface area contributed by atoms with E-state index in [0.29, 0.717) is 19.1 Å². The number of nitrogens with zero attached hydrogens (tertiary/aromatic N) is 3. The smallest absolute Gasteiger partial charge is 0.317 e. The number of carbonyl (C=O) groups is 2. The van der Waals surface area contributed by atoms with Gasteiger partial charge in [0.25, 0.3) is 0 Å². The Hall–Kier alpha value is -2.08. The van der Waals surface area contributed by atoms with Crippen molar-refractivity contribution < 1.29 is 9.59 Å². The third kappa shape index (κ3) is 3.62. The largest absolute Gasteiger partial charge is 0.348 e. The first kappa shape index (κ1) is 19.2. The predicted molar refractivity (Wildman–Crippen MR) is 109 cm³/mol. The van der Waals surface area contributed by atoms with E-state index in [-0.39, 0.29) is 17.9 Å². The van der Waals surface area contributed by atoms with E-state index >= 15 is 0 Å². The van der Waals surface area contributed by atoms with Crippen molar-refractivity contribution in [3.05, 3.63) is 35.9 Å². The summed E-state index contributed by atoms with van der Waals surface area (Å²) in [6, 6.07) is 10.7. The highest BCUT2D eigenvalue weighted by atomic mass is 16.2. The number of nitrogens with one attached hydrogen (secondary N) is 1. The van der Waals surface area contributed by atoms with Crippen LogP contribution in [0.4, 0.5) is 4.79 Å². The van der Waals surface area contributed by atoms with Crippen LogP contribution in [-0.4, -0.2) is 73.0 Å². The van der Waals surface area contributed by atoms with Crippen LogP contribution in [0.2, 0.25) is 0 Å². The van der Waals surface area contributed by atoms with E-state index in [1.165, 1.54) is 18.4 Å². The fourth-order valence-electron chi connectivity index (χ4n) is 5.37. The van der Waals surface area contributed by atoms with E-state index < -0.39 is 5.41 Å².